The van der Waals surface area contributed by atoms with Gasteiger partial charge in [0.25, 0.3) is 0 Å². The lowest BCUT2D eigenvalue weighted by Crippen LogP contribution is -2.36. The van der Waals surface area contributed by atoms with Crippen LogP contribution >= 0.6 is 0 Å². The summed E-state index contributed by atoms with van der Waals surface area (Å²) in [7, 11) is 0. The Balaban J connectivity index is 3.11. The van der Waals surface area contributed by atoms with E-state index in [1.165, 1.54) is 9.58 Å². The Morgan fingerprint density at radius 1 is 1.35 bits per heavy atom. The minimum atomic E-state index is -4.25. The third kappa shape index (κ3) is 3.04. The van der Waals surface area contributed by atoms with E-state index in [0.29, 0.717) is 23.7 Å². The number of aryl methyl sites for hydroxylation is 2. The van der Waals surface area contributed by atoms with E-state index in [1.807, 2.05) is 6.92 Å². The molecular formula is C10H17F3N4. The monoisotopic (exact) mass is 250 g/mol. The maximum Gasteiger partial charge on any atom is 0.405 e. The third-order valence-corrected chi connectivity index (χ3v) is 2.50. The molecule has 1 heterocycles. The van der Waals surface area contributed by atoms with E-state index in [4.69, 9.17) is 5.73 Å². The largest absolute Gasteiger partial charge is 0.405 e. The highest BCUT2D eigenvalue weighted by molar-refractivity contribution is 5.66. The van der Waals surface area contributed by atoms with Gasteiger partial charge in [0.1, 0.15) is 6.54 Å². The molecule has 0 amide bonds. The van der Waals surface area contributed by atoms with Gasteiger partial charge in [0.2, 0.25) is 0 Å². The Bertz CT molecular complexity index is 384. The average Bonchev–Trinajstić information content (AvgIpc) is 2.51. The lowest BCUT2D eigenvalue weighted by molar-refractivity contribution is -0.119. The summed E-state index contributed by atoms with van der Waals surface area (Å²) in [4.78, 5) is 1.19. The zero-order valence-corrected chi connectivity index (χ0v) is 10.2. The molecule has 7 heteroatoms. The Kier molecular flexibility index (Phi) is 3.90. The molecule has 0 spiro atoms. The molecule has 1 aromatic heterocycles. The summed E-state index contributed by atoms with van der Waals surface area (Å²) in [6.45, 7) is 4.87. The highest BCUT2D eigenvalue weighted by Crippen LogP contribution is 2.29. The van der Waals surface area contributed by atoms with E-state index in [1.54, 1.807) is 13.8 Å². The molecule has 0 unspecified atom stereocenters. The molecule has 0 fully saturated rings. The first-order valence-corrected chi connectivity index (χ1v) is 5.44. The van der Waals surface area contributed by atoms with Crippen LogP contribution in [0.4, 0.5) is 24.7 Å². The number of halogens is 3. The number of nitrogen functional groups attached to an aromatic ring is 1. The first-order chi connectivity index (χ1) is 7.80. The number of anilines is 2. The summed E-state index contributed by atoms with van der Waals surface area (Å²) >= 11 is 0. The van der Waals surface area contributed by atoms with Crippen LogP contribution < -0.4 is 10.6 Å². The van der Waals surface area contributed by atoms with E-state index in [-0.39, 0.29) is 6.54 Å². The maximum absolute atomic E-state index is 12.4. The Hall–Kier alpha value is -1.40. The van der Waals surface area contributed by atoms with Gasteiger partial charge in [0.05, 0.1) is 11.4 Å². The Labute approximate surface area is 98.2 Å². The summed E-state index contributed by atoms with van der Waals surface area (Å²) in [5, 5.41) is 4.11. The number of alkyl halides is 3. The second-order valence-corrected chi connectivity index (χ2v) is 3.77. The van der Waals surface area contributed by atoms with Crippen LogP contribution in [0.1, 0.15) is 19.5 Å². The average molecular weight is 250 g/mol. The molecule has 0 saturated heterocycles. The van der Waals surface area contributed by atoms with Crippen molar-refractivity contribution >= 4 is 11.5 Å². The standard InChI is InChI=1S/C10H17F3N4/c1-4-16(6-10(11,12)13)9-8(14)7(3)15-17(9)5-2/h4-6,14H2,1-3H3. The van der Waals surface area contributed by atoms with Gasteiger partial charge in [-0.1, -0.05) is 0 Å². The lowest BCUT2D eigenvalue weighted by atomic mass is 10.3. The molecule has 4 nitrogen and oxygen atoms in total. The molecule has 0 aliphatic heterocycles. The second-order valence-electron chi connectivity index (χ2n) is 3.77. The molecule has 1 aromatic rings. The van der Waals surface area contributed by atoms with Crippen molar-refractivity contribution in [2.24, 2.45) is 0 Å². The first-order valence-electron chi connectivity index (χ1n) is 5.44. The fourth-order valence-corrected chi connectivity index (χ4v) is 1.69. The van der Waals surface area contributed by atoms with Crippen molar-refractivity contribution in [1.82, 2.24) is 9.78 Å². The van der Waals surface area contributed by atoms with E-state index in [0.717, 1.165) is 0 Å². The highest BCUT2D eigenvalue weighted by Gasteiger charge is 2.32. The summed E-state index contributed by atoms with van der Waals surface area (Å²) in [5.41, 5.74) is 6.66. The summed E-state index contributed by atoms with van der Waals surface area (Å²) < 4.78 is 38.8. The molecule has 0 atom stereocenters. The number of hydrogen-bond acceptors (Lipinski definition) is 3. The van der Waals surface area contributed by atoms with Crippen molar-refractivity contribution in [2.75, 3.05) is 23.7 Å². The minimum Gasteiger partial charge on any atom is -0.394 e. The molecule has 17 heavy (non-hydrogen) atoms. The van der Waals surface area contributed by atoms with E-state index >= 15 is 0 Å². The molecule has 0 saturated carbocycles. The molecule has 0 aliphatic rings. The van der Waals surface area contributed by atoms with Gasteiger partial charge < -0.3 is 10.6 Å². The van der Waals surface area contributed by atoms with Crippen molar-refractivity contribution < 1.29 is 13.2 Å². The second kappa shape index (κ2) is 4.85. The predicted octanol–water partition coefficient (Wildman–Crippen LogP) is 2.18. The third-order valence-electron chi connectivity index (χ3n) is 2.50. The molecule has 98 valence electrons. The zero-order chi connectivity index (χ0) is 13.2. The molecule has 0 radical (unpaired) electrons. The summed E-state index contributed by atoms with van der Waals surface area (Å²) in [6.07, 6.45) is -4.25. The number of hydrogen-bond donors (Lipinski definition) is 1. The Morgan fingerprint density at radius 3 is 2.35 bits per heavy atom. The number of aromatic nitrogens is 2. The van der Waals surface area contributed by atoms with Crippen molar-refractivity contribution in [3.8, 4) is 0 Å². The van der Waals surface area contributed by atoms with E-state index in [9.17, 15) is 13.2 Å². The zero-order valence-electron chi connectivity index (χ0n) is 10.2. The summed E-state index contributed by atoms with van der Waals surface area (Å²) in [5.74, 6) is 0.352. The number of nitrogens with zero attached hydrogens (tertiary/aromatic N) is 3. The van der Waals surface area contributed by atoms with Crippen LogP contribution in [-0.2, 0) is 6.54 Å². The number of nitrogens with two attached hydrogens (primary N) is 1. The van der Waals surface area contributed by atoms with Gasteiger partial charge in [0, 0.05) is 13.1 Å². The fraction of sp³-hybridized carbons (Fsp3) is 0.700. The van der Waals surface area contributed by atoms with Crippen molar-refractivity contribution in [1.29, 1.82) is 0 Å². The van der Waals surface area contributed by atoms with Gasteiger partial charge in [-0.05, 0) is 20.8 Å². The first kappa shape index (κ1) is 13.7. The van der Waals surface area contributed by atoms with Crippen LogP contribution in [0.25, 0.3) is 0 Å². The van der Waals surface area contributed by atoms with Gasteiger partial charge in [-0.2, -0.15) is 18.3 Å². The number of rotatable bonds is 4. The highest BCUT2D eigenvalue weighted by atomic mass is 19.4. The van der Waals surface area contributed by atoms with E-state index in [2.05, 4.69) is 5.10 Å². The molecule has 0 aliphatic carbocycles. The molecular weight excluding hydrogens is 233 g/mol. The fourth-order valence-electron chi connectivity index (χ4n) is 1.69. The van der Waals surface area contributed by atoms with Gasteiger partial charge in [-0.3, -0.25) is 0 Å². The van der Waals surface area contributed by atoms with Crippen molar-refractivity contribution in [3.05, 3.63) is 5.69 Å². The summed E-state index contributed by atoms with van der Waals surface area (Å²) in [6, 6.07) is 0. The SMILES string of the molecule is CCN(CC(F)(F)F)c1c(N)c(C)nn1CC. The van der Waals surface area contributed by atoms with Gasteiger partial charge >= 0.3 is 6.18 Å². The van der Waals surface area contributed by atoms with Crippen molar-refractivity contribution in [2.45, 2.75) is 33.5 Å². The smallest absolute Gasteiger partial charge is 0.394 e. The van der Waals surface area contributed by atoms with Crippen molar-refractivity contribution in [3.63, 3.8) is 0 Å². The lowest BCUT2D eigenvalue weighted by Gasteiger charge is -2.25. The van der Waals surface area contributed by atoms with Crippen LogP contribution in [0.5, 0.6) is 0 Å². The van der Waals surface area contributed by atoms with Gasteiger partial charge in [-0.15, -0.1) is 0 Å². The minimum absolute atomic E-state index is 0.231. The molecule has 0 aromatic carbocycles. The van der Waals surface area contributed by atoms with Gasteiger partial charge in [0.15, 0.2) is 5.82 Å². The predicted molar refractivity (Wildman–Crippen MR) is 61.0 cm³/mol. The van der Waals surface area contributed by atoms with Crippen LogP contribution in [-0.4, -0.2) is 29.0 Å². The van der Waals surface area contributed by atoms with Gasteiger partial charge in [-0.25, -0.2) is 4.68 Å². The van der Waals surface area contributed by atoms with Crippen LogP contribution in [0.15, 0.2) is 0 Å². The van der Waals surface area contributed by atoms with Crippen LogP contribution in [0.3, 0.4) is 0 Å². The van der Waals surface area contributed by atoms with Crippen LogP contribution in [0, 0.1) is 6.92 Å². The molecule has 0 bridgehead atoms. The maximum atomic E-state index is 12.4. The molecule has 2 N–H and O–H groups in total. The quantitative estimate of drug-likeness (QED) is 0.891. The van der Waals surface area contributed by atoms with E-state index < -0.39 is 12.7 Å². The molecule has 1 rings (SSSR count). The normalized spacial score (nSPS) is 11.9. The van der Waals surface area contributed by atoms with Crippen LogP contribution in [0.2, 0.25) is 0 Å². The Morgan fingerprint density at radius 2 is 1.94 bits per heavy atom. The topological polar surface area (TPSA) is 47.1 Å².